The molecule has 0 aromatic carbocycles. The van der Waals surface area contributed by atoms with Crippen molar-refractivity contribution in [3.8, 4) is 0 Å². The number of nitrogens with zero attached hydrogens (tertiary/aromatic N) is 2. The van der Waals surface area contributed by atoms with Crippen LogP contribution >= 0.6 is 0 Å². The average molecular weight is 210 g/mol. The molecule has 1 aliphatic heterocycles. The standard InChI is InChI=1S/C10H18N4O/c1-2-12-13-10(1)9-11-3-4-14-5-7-15-8-6-14/h1-2,11H,3-9H2,(H,12,13). The zero-order chi connectivity index (χ0) is 10.3. The summed E-state index contributed by atoms with van der Waals surface area (Å²) in [7, 11) is 0. The van der Waals surface area contributed by atoms with Gasteiger partial charge in [-0.2, -0.15) is 5.10 Å². The first-order valence-corrected chi connectivity index (χ1v) is 5.44. The van der Waals surface area contributed by atoms with E-state index in [0.717, 1.165) is 51.6 Å². The van der Waals surface area contributed by atoms with E-state index in [-0.39, 0.29) is 0 Å². The number of hydrogen-bond acceptors (Lipinski definition) is 4. The highest BCUT2D eigenvalue weighted by Crippen LogP contribution is 1.95. The molecule has 0 bridgehead atoms. The summed E-state index contributed by atoms with van der Waals surface area (Å²) in [6, 6.07) is 1.99. The number of ether oxygens (including phenoxy) is 1. The molecule has 1 aromatic heterocycles. The van der Waals surface area contributed by atoms with Crippen LogP contribution in [0.5, 0.6) is 0 Å². The van der Waals surface area contributed by atoms with Gasteiger partial charge in [-0.05, 0) is 6.07 Å². The lowest BCUT2D eigenvalue weighted by Crippen LogP contribution is -2.40. The molecule has 2 rings (SSSR count). The maximum absolute atomic E-state index is 5.29. The van der Waals surface area contributed by atoms with Crippen molar-refractivity contribution < 1.29 is 4.74 Å². The minimum Gasteiger partial charge on any atom is -0.379 e. The van der Waals surface area contributed by atoms with Gasteiger partial charge in [0.25, 0.3) is 0 Å². The van der Waals surface area contributed by atoms with E-state index in [4.69, 9.17) is 4.74 Å². The van der Waals surface area contributed by atoms with Gasteiger partial charge < -0.3 is 10.1 Å². The van der Waals surface area contributed by atoms with Crippen molar-refractivity contribution in [1.29, 1.82) is 0 Å². The number of H-pyrrole nitrogens is 1. The minimum absolute atomic E-state index is 0.865. The number of morpholine rings is 1. The third-order valence-corrected chi connectivity index (χ3v) is 2.58. The third-order valence-electron chi connectivity index (χ3n) is 2.58. The minimum atomic E-state index is 0.865. The summed E-state index contributed by atoms with van der Waals surface area (Å²) in [6.45, 7) is 6.85. The molecule has 15 heavy (non-hydrogen) atoms. The molecule has 1 aromatic rings. The average Bonchev–Trinajstić information content (AvgIpc) is 2.79. The number of nitrogens with one attached hydrogen (secondary N) is 2. The Bertz CT molecular complexity index is 256. The molecule has 0 aliphatic carbocycles. The molecule has 84 valence electrons. The van der Waals surface area contributed by atoms with Gasteiger partial charge in [0.1, 0.15) is 0 Å². The van der Waals surface area contributed by atoms with E-state index in [1.165, 1.54) is 0 Å². The predicted octanol–water partition coefficient (Wildman–Crippen LogP) is -0.168. The van der Waals surface area contributed by atoms with Gasteiger partial charge in [0.05, 0.1) is 13.2 Å². The Morgan fingerprint density at radius 3 is 3.07 bits per heavy atom. The molecule has 0 saturated carbocycles. The molecule has 0 amide bonds. The normalized spacial score (nSPS) is 18.1. The maximum atomic E-state index is 5.29. The monoisotopic (exact) mass is 210 g/mol. The first kappa shape index (κ1) is 10.6. The lowest BCUT2D eigenvalue weighted by atomic mass is 10.4. The summed E-state index contributed by atoms with van der Waals surface area (Å²) >= 11 is 0. The second kappa shape index (κ2) is 5.85. The molecule has 5 heteroatoms. The van der Waals surface area contributed by atoms with Gasteiger partial charge in [-0.1, -0.05) is 0 Å². The fourth-order valence-electron chi connectivity index (χ4n) is 1.67. The molecule has 0 atom stereocenters. The van der Waals surface area contributed by atoms with E-state index in [9.17, 15) is 0 Å². The third kappa shape index (κ3) is 3.62. The van der Waals surface area contributed by atoms with Crippen molar-refractivity contribution >= 4 is 0 Å². The van der Waals surface area contributed by atoms with Crippen LogP contribution in [0.2, 0.25) is 0 Å². The van der Waals surface area contributed by atoms with E-state index in [2.05, 4.69) is 20.4 Å². The lowest BCUT2D eigenvalue weighted by molar-refractivity contribution is 0.0384. The summed E-state index contributed by atoms with van der Waals surface area (Å²) in [5.74, 6) is 0. The second-order valence-electron chi connectivity index (χ2n) is 3.71. The fourth-order valence-corrected chi connectivity index (χ4v) is 1.67. The number of hydrogen-bond donors (Lipinski definition) is 2. The summed E-state index contributed by atoms with van der Waals surface area (Å²) in [4.78, 5) is 2.42. The van der Waals surface area contributed by atoms with E-state index in [1.54, 1.807) is 6.20 Å². The Kier molecular flexibility index (Phi) is 4.13. The molecule has 0 unspecified atom stereocenters. The number of rotatable bonds is 5. The molecule has 0 radical (unpaired) electrons. The summed E-state index contributed by atoms with van der Waals surface area (Å²) in [5.41, 5.74) is 1.14. The van der Waals surface area contributed by atoms with Gasteiger partial charge in [-0.3, -0.25) is 10.00 Å². The molecular formula is C10H18N4O. The highest BCUT2D eigenvalue weighted by atomic mass is 16.5. The molecule has 2 heterocycles. The Balaban J connectivity index is 1.54. The molecule has 5 nitrogen and oxygen atoms in total. The molecule has 1 saturated heterocycles. The lowest BCUT2D eigenvalue weighted by Gasteiger charge is -2.26. The quantitative estimate of drug-likeness (QED) is 0.663. The largest absolute Gasteiger partial charge is 0.379 e. The van der Waals surface area contributed by atoms with E-state index in [1.807, 2.05) is 6.07 Å². The van der Waals surface area contributed by atoms with Crippen LogP contribution < -0.4 is 5.32 Å². The van der Waals surface area contributed by atoms with E-state index < -0.39 is 0 Å². The van der Waals surface area contributed by atoms with Crippen molar-refractivity contribution in [1.82, 2.24) is 20.4 Å². The number of aromatic nitrogens is 2. The molecule has 1 aliphatic rings. The first-order chi connectivity index (χ1) is 7.45. The summed E-state index contributed by atoms with van der Waals surface area (Å²) < 4.78 is 5.29. The first-order valence-electron chi connectivity index (χ1n) is 5.44. The Morgan fingerprint density at radius 1 is 1.47 bits per heavy atom. The van der Waals surface area contributed by atoms with Crippen LogP contribution in [0, 0.1) is 0 Å². The van der Waals surface area contributed by atoms with Crippen LogP contribution in [0.1, 0.15) is 5.69 Å². The van der Waals surface area contributed by atoms with E-state index >= 15 is 0 Å². The van der Waals surface area contributed by atoms with Gasteiger partial charge >= 0.3 is 0 Å². The molecule has 2 N–H and O–H groups in total. The second-order valence-corrected chi connectivity index (χ2v) is 3.71. The van der Waals surface area contributed by atoms with Gasteiger partial charge in [-0.15, -0.1) is 0 Å². The summed E-state index contributed by atoms with van der Waals surface area (Å²) in [5, 5.41) is 10.2. The number of aromatic amines is 1. The molecule has 1 fully saturated rings. The van der Waals surface area contributed by atoms with Crippen LogP contribution in [0.15, 0.2) is 12.3 Å². The van der Waals surface area contributed by atoms with Crippen LogP contribution in [0.4, 0.5) is 0 Å². The van der Waals surface area contributed by atoms with Gasteiger partial charge in [-0.25, -0.2) is 0 Å². The Hall–Kier alpha value is -0.910. The molecule has 0 spiro atoms. The van der Waals surface area contributed by atoms with Crippen LogP contribution in [0.25, 0.3) is 0 Å². The van der Waals surface area contributed by atoms with Crippen molar-refractivity contribution in [2.45, 2.75) is 6.54 Å². The van der Waals surface area contributed by atoms with Crippen LogP contribution in [0.3, 0.4) is 0 Å². The van der Waals surface area contributed by atoms with Crippen LogP contribution in [-0.2, 0) is 11.3 Å². The topological polar surface area (TPSA) is 53.2 Å². The highest BCUT2D eigenvalue weighted by Gasteiger charge is 2.08. The zero-order valence-electron chi connectivity index (χ0n) is 8.91. The highest BCUT2D eigenvalue weighted by molar-refractivity contribution is 4.96. The SMILES string of the molecule is c1cc(CNCCN2CCOCC2)[nH]n1. The Labute approximate surface area is 89.8 Å². The fraction of sp³-hybridized carbons (Fsp3) is 0.700. The maximum Gasteiger partial charge on any atom is 0.0594 e. The van der Waals surface area contributed by atoms with Crippen molar-refractivity contribution in [3.63, 3.8) is 0 Å². The smallest absolute Gasteiger partial charge is 0.0594 e. The van der Waals surface area contributed by atoms with Gasteiger partial charge in [0.2, 0.25) is 0 Å². The Morgan fingerprint density at radius 2 is 2.33 bits per heavy atom. The molecular weight excluding hydrogens is 192 g/mol. The predicted molar refractivity (Wildman–Crippen MR) is 57.6 cm³/mol. The van der Waals surface area contributed by atoms with E-state index in [0.29, 0.717) is 0 Å². The van der Waals surface area contributed by atoms with Crippen molar-refractivity contribution in [2.75, 3.05) is 39.4 Å². The van der Waals surface area contributed by atoms with Gasteiger partial charge in [0, 0.05) is 44.6 Å². The van der Waals surface area contributed by atoms with Crippen molar-refractivity contribution in [3.05, 3.63) is 18.0 Å². The van der Waals surface area contributed by atoms with Crippen LogP contribution in [-0.4, -0.2) is 54.5 Å². The van der Waals surface area contributed by atoms with Gasteiger partial charge in [0.15, 0.2) is 0 Å². The summed E-state index contributed by atoms with van der Waals surface area (Å²) in [6.07, 6.45) is 1.78. The zero-order valence-corrected chi connectivity index (χ0v) is 8.91. The van der Waals surface area contributed by atoms with Crippen molar-refractivity contribution in [2.24, 2.45) is 0 Å².